The van der Waals surface area contributed by atoms with Gasteiger partial charge in [-0.25, -0.2) is 0 Å². The number of hydrogen-bond donors (Lipinski definition) is 2. The van der Waals surface area contributed by atoms with Crippen molar-refractivity contribution in [2.45, 2.75) is 51.0 Å². The standard InChI is InChI=1S/C16H26N2O/c1-19-16-10-6-5-9-14(16)12-15(18-17)11-13-7-3-2-4-8-13/h5-6,9-10,13,15,18H,2-4,7-8,11-12,17H2,1H3. The lowest BCUT2D eigenvalue weighted by Crippen LogP contribution is -2.38. The number of nitrogens with one attached hydrogen (secondary N) is 1. The zero-order valence-corrected chi connectivity index (χ0v) is 11.9. The predicted octanol–water partition coefficient (Wildman–Crippen LogP) is 3.04. The van der Waals surface area contributed by atoms with E-state index in [-0.39, 0.29) is 0 Å². The fourth-order valence-electron chi connectivity index (χ4n) is 3.17. The van der Waals surface area contributed by atoms with Crippen LogP contribution in [-0.2, 0) is 6.42 Å². The van der Waals surface area contributed by atoms with Gasteiger partial charge in [0.2, 0.25) is 0 Å². The van der Waals surface area contributed by atoms with Crippen molar-refractivity contribution in [1.29, 1.82) is 0 Å². The van der Waals surface area contributed by atoms with Gasteiger partial charge in [0.1, 0.15) is 5.75 Å². The number of nitrogens with two attached hydrogens (primary N) is 1. The summed E-state index contributed by atoms with van der Waals surface area (Å²) in [5.41, 5.74) is 4.23. The first-order valence-electron chi connectivity index (χ1n) is 7.41. The molecule has 1 saturated carbocycles. The van der Waals surface area contributed by atoms with Crippen molar-refractivity contribution in [3.63, 3.8) is 0 Å². The minimum Gasteiger partial charge on any atom is -0.496 e. The molecule has 3 N–H and O–H groups in total. The van der Waals surface area contributed by atoms with Crippen LogP contribution < -0.4 is 16.0 Å². The van der Waals surface area contributed by atoms with Crippen molar-refractivity contribution in [2.24, 2.45) is 11.8 Å². The topological polar surface area (TPSA) is 47.3 Å². The minimum absolute atomic E-state index is 0.347. The first-order chi connectivity index (χ1) is 9.33. The van der Waals surface area contributed by atoms with Gasteiger partial charge in [-0.15, -0.1) is 0 Å². The average Bonchev–Trinajstić information content (AvgIpc) is 2.48. The second kappa shape index (κ2) is 7.51. The van der Waals surface area contributed by atoms with Crippen LogP contribution in [0.4, 0.5) is 0 Å². The lowest BCUT2D eigenvalue weighted by Gasteiger charge is -2.26. The quantitative estimate of drug-likeness (QED) is 0.612. The Bertz CT molecular complexity index is 375. The van der Waals surface area contributed by atoms with E-state index in [9.17, 15) is 0 Å². The van der Waals surface area contributed by atoms with Gasteiger partial charge in [0.25, 0.3) is 0 Å². The van der Waals surface area contributed by atoms with E-state index in [2.05, 4.69) is 17.6 Å². The molecule has 0 heterocycles. The van der Waals surface area contributed by atoms with Crippen molar-refractivity contribution in [1.82, 2.24) is 5.43 Å². The van der Waals surface area contributed by atoms with E-state index in [0.29, 0.717) is 6.04 Å². The van der Waals surface area contributed by atoms with Crippen molar-refractivity contribution >= 4 is 0 Å². The van der Waals surface area contributed by atoms with Crippen molar-refractivity contribution < 1.29 is 4.74 Å². The van der Waals surface area contributed by atoms with Crippen LogP contribution in [0.3, 0.4) is 0 Å². The van der Waals surface area contributed by atoms with E-state index >= 15 is 0 Å². The van der Waals surface area contributed by atoms with Crippen LogP contribution in [0.2, 0.25) is 0 Å². The van der Waals surface area contributed by atoms with E-state index in [1.54, 1.807) is 7.11 Å². The van der Waals surface area contributed by atoms with Gasteiger partial charge in [0.05, 0.1) is 7.11 Å². The Hall–Kier alpha value is -1.06. The molecule has 2 rings (SSSR count). The highest BCUT2D eigenvalue weighted by atomic mass is 16.5. The van der Waals surface area contributed by atoms with Gasteiger partial charge in [-0.2, -0.15) is 0 Å². The lowest BCUT2D eigenvalue weighted by molar-refractivity contribution is 0.296. The smallest absolute Gasteiger partial charge is 0.122 e. The zero-order chi connectivity index (χ0) is 13.5. The normalized spacial score (nSPS) is 18.2. The van der Waals surface area contributed by atoms with E-state index in [1.807, 2.05) is 12.1 Å². The molecule has 1 aliphatic rings. The summed E-state index contributed by atoms with van der Waals surface area (Å²) in [6, 6.07) is 8.56. The molecule has 1 atom stereocenters. The second-order valence-electron chi connectivity index (χ2n) is 5.62. The molecule has 1 fully saturated rings. The van der Waals surface area contributed by atoms with Crippen LogP contribution in [-0.4, -0.2) is 13.2 Å². The van der Waals surface area contributed by atoms with Crippen LogP contribution in [0.25, 0.3) is 0 Å². The number of ether oxygens (including phenoxy) is 1. The summed E-state index contributed by atoms with van der Waals surface area (Å²) in [5.74, 6) is 7.54. The lowest BCUT2D eigenvalue weighted by atomic mass is 9.83. The average molecular weight is 262 g/mol. The molecule has 0 spiro atoms. The molecule has 106 valence electrons. The van der Waals surface area contributed by atoms with Gasteiger partial charge in [-0.1, -0.05) is 50.3 Å². The molecule has 3 nitrogen and oxygen atoms in total. The molecule has 3 heteroatoms. The molecule has 1 unspecified atom stereocenters. The summed E-state index contributed by atoms with van der Waals surface area (Å²) in [5, 5.41) is 0. The highest BCUT2D eigenvalue weighted by Gasteiger charge is 2.19. The Morgan fingerprint density at radius 3 is 2.68 bits per heavy atom. The molecule has 1 aromatic carbocycles. The van der Waals surface area contributed by atoms with Crippen molar-refractivity contribution in [3.8, 4) is 5.75 Å². The second-order valence-corrected chi connectivity index (χ2v) is 5.62. The summed E-state index contributed by atoms with van der Waals surface area (Å²) in [6.45, 7) is 0. The molecule has 0 aliphatic heterocycles. The first kappa shape index (κ1) is 14.4. The summed E-state index contributed by atoms with van der Waals surface area (Å²) in [4.78, 5) is 0. The van der Waals surface area contributed by atoms with Crippen molar-refractivity contribution in [3.05, 3.63) is 29.8 Å². The molecular weight excluding hydrogens is 236 g/mol. The Morgan fingerprint density at radius 2 is 2.00 bits per heavy atom. The van der Waals surface area contributed by atoms with E-state index in [4.69, 9.17) is 10.6 Å². The number of methoxy groups -OCH3 is 1. The number of rotatable bonds is 6. The highest BCUT2D eigenvalue weighted by molar-refractivity contribution is 5.33. The fraction of sp³-hybridized carbons (Fsp3) is 0.625. The van der Waals surface area contributed by atoms with Crippen LogP contribution in [0.5, 0.6) is 5.75 Å². The minimum atomic E-state index is 0.347. The maximum Gasteiger partial charge on any atom is 0.122 e. The van der Waals surface area contributed by atoms with Crippen molar-refractivity contribution in [2.75, 3.05) is 7.11 Å². The zero-order valence-electron chi connectivity index (χ0n) is 11.9. The Balaban J connectivity index is 1.94. The molecule has 19 heavy (non-hydrogen) atoms. The maximum atomic E-state index is 5.74. The van der Waals surface area contributed by atoms with Gasteiger partial charge >= 0.3 is 0 Å². The van der Waals surface area contributed by atoms with Crippen LogP contribution in [0.1, 0.15) is 44.1 Å². The third kappa shape index (κ3) is 4.22. The van der Waals surface area contributed by atoms with Gasteiger partial charge < -0.3 is 4.74 Å². The molecule has 1 aromatic rings. The molecule has 1 aliphatic carbocycles. The third-order valence-electron chi connectivity index (χ3n) is 4.24. The Labute approximate surface area is 116 Å². The Morgan fingerprint density at radius 1 is 1.26 bits per heavy atom. The SMILES string of the molecule is COc1ccccc1CC(CC1CCCCC1)NN. The predicted molar refractivity (Wildman–Crippen MR) is 79.0 cm³/mol. The summed E-state index contributed by atoms with van der Waals surface area (Å²) in [7, 11) is 1.73. The molecular formula is C16H26N2O. The van der Waals surface area contributed by atoms with Crippen LogP contribution >= 0.6 is 0 Å². The highest BCUT2D eigenvalue weighted by Crippen LogP contribution is 2.29. The van der Waals surface area contributed by atoms with E-state index in [0.717, 1.165) is 18.1 Å². The molecule has 0 saturated heterocycles. The number of hydrogen-bond acceptors (Lipinski definition) is 3. The number of benzene rings is 1. The van der Waals surface area contributed by atoms with E-state index < -0.39 is 0 Å². The Kier molecular flexibility index (Phi) is 5.67. The van der Waals surface area contributed by atoms with Crippen LogP contribution in [0, 0.1) is 5.92 Å². The largest absolute Gasteiger partial charge is 0.496 e. The fourth-order valence-corrected chi connectivity index (χ4v) is 3.17. The summed E-state index contributed by atoms with van der Waals surface area (Å²) >= 11 is 0. The van der Waals surface area contributed by atoms with E-state index in [1.165, 1.54) is 44.1 Å². The molecule has 0 radical (unpaired) electrons. The molecule has 0 aromatic heterocycles. The summed E-state index contributed by atoms with van der Waals surface area (Å²) < 4.78 is 5.41. The number of para-hydroxylation sites is 1. The third-order valence-corrected chi connectivity index (χ3v) is 4.24. The summed E-state index contributed by atoms with van der Waals surface area (Å²) in [6.07, 6.45) is 9.02. The molecule has 0 bridgehead atoms. The van der Waals surface area contributed by atoms with Crippen LogP contribution in [0.15, 0.2) is 24.3 Å². The monoisotopic (exact) mass is 262 g/mol. The first-order valence-corrected chi connectivity index (χ1v) is 7.41. The van der Waals surface area contributed by atoms with Gasteiger partial charge in [0, 0.05) is 6.04 Å². The van der Waals surface area contributed by atoms with Gasteiger partial charge in [0.15, 0.2) is 0 Å². The van der Waals surface area contributed by atoms with Gasteiger partial charge in [-0.05, 0) is 30.4 Å². The number of hydrazine groups is 1. The maximum absolute atomic E-state index is 5.74. The molecule has 0 amide bonds. The van der Waals surface area contributed by atoms with Gasteiger partial charge in [-0.3, -0.25) is 11.3 Å².